The summed E-state index contributed by atoms with van der Waals surface area (Å²) in [6, 6.07) is 27.3. The highest BCUT2D eigenvalue weighted by molar-refractivity contribution is 9.10. The number of thiocarbonyl (C=S) groups is 1. The lowest BCUT2D eigenvalue weighted by Crippen LogP contribution is -2.38. The number of nitrogens with one attached hydrogen (secondary N) is 2. The first-order valence-corrected chi connectivity index (χ1v) is 12.5. The van der Waals surface area contributed by atoms with Crippen LogP contribution in [0.1, 0.15) is 16.1 Å². The second-order valence-corrected chi connectivity index (χ2v) is 9.85. The fourth-order valence-electron chi connectivity index (χ4n) is 3.38. The van der Waals surface area contributed by atoms with E-state index in [-0.39, 0.29) is 10.9 Å². The van der Waals surface area contributed by atoms with Gasteiger partial charge in [0, 0.05) is 22.1 Å². The summed E-state index contributed by atoms with van der Waals surface area (Å²) in [6.45, 7) is 0.488. The summed E-state index contributed by atoms with van der Waals surface area (Å²) in [5.41, 5.74) is 4.00. The van der Waals surface area contributed by atoms with Crippen molar-refractivity contribution in [1.29, 1.82) is 0 Å². The van der Waals surface area contributed by atoms with Crippen LogP contribution < -0.4 is 10.6 Å². The number of furan rings is 1. The second kappa shape index (κ2) is 9.89. The highest BCUT2D eigenvalue weighted by Gasteiger charge is 2.14. The number of hydrogen-bond acceptors (Lipinski definition) is 5. The maximum atomic E-state index is 12.5. The highest BCUT2D eigenvalue weighted by atomic mass is 79.9. The van der Waals surface area contributed by atoms with Crippen molar-refractivity contribution in [2.75, 3.05) is 0 Å². The van der Waals surface area contributed by atoms with Crippen molar-refractivity contribution < 1.29 is 9.21 Å². The van der Waals surface area contributed by atoms with Crippen LogP contribution in [-0.4, -0.2) is 16.0 Å². The van der Waals surface area contributed by atoms with Crippen LogP contribution in [0.4, 0.5) is 0 Å². The molecule has 0 aliphatic carbocycles. The van der Waals surface area contributed by atoms with Crippen LogP contribution in [0.25, 0.3) is 32.1 Å². The molecule has 0 bridgehead atoms. The van der Waals surface area contributed by atoms with Gasteiger partial charge in [0.15, 0.2) is 10.9 Å². The number of carbonyl (C=O) groups is 1. The number of halogens is 1. The molecule has 34 heavy (non-hydrogen) atoms. The van der Waals surface area contributed by atoms with Gasteiger partial charge < -0.3 is 9.73 Å². The Hall–Kier alpha value is -3.33. The van der Waals surface area contributed by atoms with Gasteiger partial charge in [0.05, 0.1) is 10.2 Å². The quantitative estimate of drug-likeness (QED) is 0.237. The molecule has 2 N–H and O–H groups in total. The van der Waals surface area contributed by atoms with E-state index >= 15 is 0 Å². The fourth-order valence-corrected chi connectivity index (χ4v) is 4.78. The van der Waals surface area contributed by atoms with Gasteiger partial charge in [0.1, 0.15) is 10.8 Å². The maximum absolute atomic E-state index is 12.5. The standard InChI is InChI=1S/C26H18BrN3O2S2/c27-19-11-9-17(10-12-19)21-13-14-22(32-21)24(31)30-26(33)28-15-16-5-7-18(8-6-16)25-29-20-3-1-2-4-23(20)34-25/h1-14H,15H2,(H2,28,30,31,33). The monoisotopic (exact) mass is 547 g/mol. The maximum Gasteiger partial charge on any atom is 0.293 e. The first-order valence-electron chi connectivity index (χ1n) is 10.4. The molecule has 5 rings (SSSR count). The summed E-state index contributed by atoms with van der Waals surface area (Å²) in [7, 11) is 0. The molecule has 3 aromatic carbocycles. The Kier molecular flexibility index (Phi) is 6.53. The molecule has 8 heteroatoms. The van der Waals surface area contributed by atoms with Gasteiger partial charge in [-0.2, -0.15) is 0 Å². The number of rotatable bonds is 5. The lowest BCUT2D eigenvalue weighted by molar-refractivity contribution is 0.0950. The van der Waals surface area contributed by atoms with Crippen molar-refractivity contribution in [2.24, 2.45) is 0 Å². The first kappa shape index (κ1) is 22.5. The van der Waals surface area contributed by atoms with E-state index in [4.69, 9.17) is 21.6 Å². The number of thiazole rings is 1. The molecule has 0 unspecified atom stereocenters. The Morgan fingerprint density at radius 3 is 2.44 bits per heavy atom. The molecule has 0 saturated heterocycles. The van der Waals surface area contributed by atoms with Gasteiger partial charge in [0.25, 0.3) is 5.91 Å². The van der Waals surface area contributed by atoms with E-state index in [9.17, 15) is 4.79 Å². The van der Waals surface area contributed by atoms with Gasteiger partial charge in [-0.1, -0.05) is 64.5 Å². The smallest absolute Gasteiger partial charge is 0.293 e. The topological polar surface area (TPSA) is 67.2 Å². The molecule has 168 valence electrons. The van der Waals surface area contributed by atoms with E-state index in [0.29, 0.717) is 12.3 Å². The number of para-hydroxylation sites is 1. The van der Waals surface area contributed by atoms with Crippen LogP contribution in [0.15, 0.2) is 93.8 Å². The van der Waals surface area contributed by atoms with Crippen LogP contribution in [0.3, 0.4) is 0 Å². The lowest BCUT2D eigenvalue weighted by atomic mass is 10.1. The predicted octanol–water partition coefficient (Wildman–Crippen LogP) is 6.79. The summed E-state index contributed by atoms with van der Waals surface area (Å²) in [5, 5.41) is 6.96. The molecule has 0 aliphatic heterocycles. The number of aromatic nitrogens is 1. The minimum absolute atomic E-state index is 0.197. The Balaban J connectivity index is 1.16. The molecular weight excluding hydrogens is 530 g/mol. The summed E-state index contributed by atoms with van der Waals surface area (Å²) in [5.74, 6) is 0.416. The van der Waals surface area contributed by atoms with Crippen LogP contribution in [0, 0.1) is 0 Å². The summed E-state index contributed by atoms with van der Waals surface area (Å²) >= 11 is 10.4. The summed E-state index contributed by atoms with van der Waals surface area (Å²) < 4.78 is 7.84. The van der Waals surface area contributed by atoms with Gasteiger partial charge in [0.2, 0.25) is 0 Å². The third-order valence-corrected chi connectivity index (χ3v) is 6.99. The number of hydrogen-bond donors (Lipinski definition) is 2. The summed E-state index contributed by atoms with van der Waals surface area (Å²) in [6.07, 6.45) is 0. The molecule has 5 nitrogen and oxygen atoms in total. The first-order chi connectivity index (χ1) is 16.5. The van der Waals surface area contributed by atoms with Gasteiger partial charge in [-0.25, -0.2) is 4.98 Å². The third-order valence-electron chi connectivity index (χ3n) is 5.13. The van der Waals surface area contributed by atoms with Gasteiger partial charge >= 0.3 is 0 Å². The Bertz CT molecular complexity index is 1440. The molecule has 5 aromatic rings. The van der Waals surface area contributed by atoms with E-state index in [2.05, 4.69) is 32.6 Å². The molecule has 0 radical (unpaired) electrons. The van der Waals surface area contributed by atoms with Crippen molar-refractivity contribution in [3.63, 3.8) is 0 Å². The Morgan fingerprint density at radius 1 is 0.941 bits per heavy atom. The van der Waals surface area contributed by atoms with Crippen molar-refractivity contribution in [3.8, 4) is 21.9 Å². The SMILES string of the molecule is O=C(NC(=S)NCc1ccc(-c2nc3ccccc3s2)cc1)c1ccc(-c2ccc(Br)cc2)o1. The number of amides is 1. The van der Waals surface area contributed by atoms with Crippen molar-refractivity contribution in [2.45, 2.75) is 6.54 Å². The molecule has 0 fully saturated rings. The average Bonchev–Trinajstić information content (AvgIpc) is 3.51. The van der Waals surface area contributed by atoms with E-state index < -0.39 is 5.91 Å². The molecular formula is C26H18BrN3O2S2. The van der Waals surface area contributed by atoms with Gasteiger partial charge in [-0.3, -0.25) is 10.1 Å². The number of benzene rings is 3. The molecule has 0 saturated carbocycles. The van der Waals surface area contributed by atoms with E-state index in [1.807, 2.05) is 66.7 Å². The number of fused-ring (bicyclic) bond motifs is 1. The Morgan fingerprint density at radius 2 is 1.68 bits per heavy atom. The molecule has 0 atom stereocenters. The number of carbonyl (C=O) groups excluding carboxylic acids is 1. The van der Waals surface area contributed by atoms with Crippen LogP contribution in [0.5, 0.6) is 0 Å². The molecule has 2 heterocycles. The van der Waals surface area contributed by atoms with E-state index in [0.717, 1.165) is 31.7 Å². The lowest BCUT2D eigenvalue weighted by Gasteiger charge is -2.09. The summed E-state index contributed by atoms with van der Waals surface area (Å²) in [4.78, 5) is 17.2. The normalized spacial score (nSPS) is 10.9. The average molecular weight is 548 g/mol. The van der Waals surface area contributed by atoms with Crippen molar-refractivity contribution in [3.05, 3.63) is 101 Å². The zero-order valence-electron chi connectivity index (χ0n) is 17.7. The minimum Gasteiger partial charge on any atom is -0.451 e. The third kappa shape index (κ3) is 5.09. The second-order valence-electron chi connectivity index (χ2n) is 7.49. The van der Waals surface area contributed by atoms with Crippen LogP contribution in [0.2, 0.25) is 0 Å². The van der Waals surface area contributed by atoms with Gasteiger partial charge in [-0.05, 0) is 54.2 Å². The minimum atomic E-state index is -0.396. The van der Waals surface area contributed by atoms with E-state index in [1.165, 1.54) is 4.70 Å². The van der Waals surface area contributed by atoms with Crippen molar-refractivity contribution in [1.82, 2.24) is 15.6 Å². The zero-order valence-corrected chi connectivity index (χ0v) is 21.0. The highest BCUT2D eigenvalue weighted by Crippen LogP contribution is 2.30. The molecule has 1 amide bonds. The zero-order chi connectivity index (χ0) is 23.5. The largest absolute Gasteiger partial charge is 0.451 e. The van der Waals surface area contributed by atoms with Crippen LogP contribution in [-0.2, 0) is 6.54 Å². The van der Waals surface area contributed by atoms with Gasteiger partial charge in [-0.15, -0.1) is 11.3 Å². The fraction of sp³-hybridized carbons (Fsp3) is 0.0385. The van der Waals surface area contributed by atoms with E-state index in [1.54, 1.807) is 23.5 Å². The number of nitrogens with zero attached hydrogens (tertiary/aromatic N) is 1. The van der Waals surface area contributed by atoms with Crippen molar-refractivity contribution >= 4 is 60.7 Å². The van der Waals surface area contributed by atoms with Crippen LogP contribution >= 0.6 is 39.5 Å². The predicted molar refractivity (Wildman–Crippen MR) is 144 cm³/mol. The molecule has 2 aromatic heterocycles. The molecule has 0 aliphatic rings. The molecule has 0 spiro atoms. The Labute approximate surface area is 214 Å².